The van der Waals surface area contributed by atoms with Gasteiger partial charge in [-0.3, -0.25) is 14.9 Å². The number of carbonyl (C=O) groups is 1. The van der Waals surface area contributed by atoms with Crippen molar-refractivity contribution in [2.24, 2.45) is 5.92 Å². The lowest BCUT2D eigenvalue weighted by atomic mass is 10.0. The van der Waals surface area contributed by atoms with Gasteiger partial charge in [0.25, 0.3) is 0 Å². The number of nitrogens with one attached hydrogen (secondary N) is 2. The van der Waals surface area contributed by atoms with E-state index in [1.54, 1.807) is 16.8 Å². The normalized spacial score (nSPS) is 17.8. The zero-order valence-electron chi connectivity index (χ0n) is 15.3. The summed E-state index contributed by atoms with van der Waals surface area (Å²) < 4.78 is 29.6. The molecule has 0 bridgehead atoms. The van der Waals surface area contributed by atoms with Crippen LogP contribution in [-0.4, -0.2) is 36.6 Å². The molecule has 1 aliphatic rings. The number of rotatable bonds is 4. The number of imidazole rings is 1. The summed E-state index contributed by atoms with van der Waals surface area (Å²) in [5.41, 5.74) is 4.38. The third kappa shape index (κ3) is 2.87. The van der Waals surface area contributed by atoms with Gasteiger partial charge in [-0.1, -0.05) is 18.2 Å². The van der Waals surface area contributed by atoms with E-state index in [0.29, 0.717) is 27.8 Å². The predicted octanol–water partition coefficient (Wildman–Crippen LogP) is 4.16. The Morgan fingerprint density at radius 1 is 1.43 bits per heavy atom. The Morgan fingerprint density at radius 2 is 2.23 bits per heavy atom. The first kappa shape index (κ1) is 18.5. The number of hydrogen-bond donors (Lipinski definition) is 2. The second kappa shape index (κ2) is 6.76. The van der Waals surface area contributed by atoms with E-state index in [2.05, 4.69) is 37.8 Å². The summed E-state index contributed by atoms with van der Waals surface area (Å²) in [6.45, 7) is 3.48. The molecule has 7 nitrogen and oxygen atoms in total. The average molecular weight is 427 g/mol. The molecule has 0 radical (unpaired) electrons. The summed E-state index contributed by atoms with van der Waals surface area (Å²) in [6.07, 6.45) is 6.70. The highest BCUT2D eigenvalue weighted by Crippen LogP contribution is 2.39. The second-order valence-corrected chi connectivity index (χ2v) is 7.31. The van der Waals surface area contributed by atoms with Crippen molar-refractivity contribution in [2.75, 3.05) is 5.32 Å². The molecule has 3 heterocycles. The lowest BCUT2D eigenvalue weighted by Crippen LogP contribution is -2.15. The molecule has 5 rings (SSSR count). The van der Waals surface area contributed by atoms with Crippen molar-refractivity contribution in [1.29, 1.82) is 0 Å². The smallest absolute Gasteiger partial charge is 0.231 e. The van der Waals surface area contributed by atoms with Crippen LogP contribution in [0.4, 0.5) is 14.6 Å². The van der Waals surface area contributed by atoms with Crippen molar-refractivity contribution in [1.82, 2.24) is 24.6 Å². The maximum atomic E-state index is 14.9. The molecule has 3 aromatic heterocycles. The van der Waals surface area contributed by atoms with Gasteiger partial charge in [0.05, 0.1) is 40.7 Å². The summed E-state index contributed by atoms with van der Waals surface area (Å²) >= 11 is 6.34. The molecule has 150 valence electrons. The van der Waals surface area contributed by atoms with Gasteiger partial charge in [-0.05, 0) is 12.5 Å². The van der Waals surface area contributed by atoms with Crippen molar-refractivity contribution in [3.63, 3.8) is 0 Å². The van der Waals surface area contributed by atoms with Crippen molar-refractivity contribution in [2.45, 2.75) is 12.6 Å². The van der Waals surface area contributed by atoms with Crippen LogP contribution in [0.1, 0.15) is 12.0 Å². The van der Waals surface area contributed by atoms with Crippen LogP contribution in [0.2, 0.25) is 5.02 Å². The van der Waals surface area contributed by atoms with Crippen molar-refractivity contribution in [3.8, 4) is 11.3 Å². The maximum absolute atomic E-state index is 14.9. The van der Waals surface area contributed by atoms with Gasteiger partial charge in [0.2, 0.25) is 5.91 Å². The van der Waals surface area contributed by atoms with Crippen LogP contribution in [0.25, 0.3) is 33.9 Å². The SMILES string of the molecule is C=C=Cc1c(F)c(Cl)c(-c2cn3cc(NC(=O)C4CC4F)nc3cn2)c2cn[nH]c12. The fraction of sp³-hybridized carbons (Fsp3) is 0.150. The second-order valence-electron chi connectivity index (χ2n) is 6.94. The third-order valence-corrected chi connectivity index (χ3v) is 5.33. The van der Waals surface area contributed by atoms with E-state index in [0.717, 1.165) is 0 Å². The standard InChI is InChI=1S/C20H13ClF2N6O/c1-2-3-9-18(23)17(21)16(11-5-25-28-19(9)11)13-7-29-8-14(26-15(29)6-24-13)27-20(30)10-4-12(10)22/h3,5-8,10,12H,1,4H2,(H,25,28)(H,27,30). The molecule has 10 heteroatoms. The van der Waals surface area contributed by atoms with Crippen LogP contribution in [0.15, 0.2) is 37.1 Å². The van der Waals surface area contributed by atoms with Gasteiger partial charge in [0, 0.05) is 22.7 Å². The number of nitrogens with zero attached hydrogens (tertiary/aromatic N) is 4. The molecule has 30 heavy (non-hydrogen) atoms. The Balaban J connectivity index is 1.60. The summed E-state index contributed by atoms with van der Waals surface area (Å²) in [5.74, 6) is -1.40. The van der Waals surface area contributed by atoms with Gasteiger partial charge in [-0.2, -0.15) is 5.10 Å². The number of fused-ring (bicyclic) bond motifs is 2. The van der Waals surface area contributed by atoms with Crippen molar-refractivity contribution < 1.29 is 13.6 Å². The van der Waals surface area contributed by atoms with Gasteiger partial charge in [0.15, 0.2) is 17.3 Å². The molecule has 1 aliphatic carbocycles. The van der Waals surface area contributed by atoms with Gasteiger partial charge < -0.3 is 9.72 Å². The van der Waals surface area contributed by atoms with Crippen LogP contribution in [0.5, 0.6) is 0 Å². The largest absolute Gasteiger partial charge is 0.309 e. The molecule has 4 aromatic rings. The maximum Gasteiger partial charge on any atom is 0.231 e. The van der Waals surface area contributed by atoms with Crippen molar-refractivity contribution >= 4 is 46.0 Å². The van der Waals surface area contributed by atoms with E-state index in [4.69, 9.17) is 11.6 Å². The minimum absolute atomic E-state index is 0.117. The molecular formula is C20H13ClF2N6O. The average Bonchev–Trinajstić information content (AvgIpc) is 3.11. The van der Waals surface area contributed by atoms with Crippen LogP contribution < -0.4 is 5.32 Å². The highest BCUT2D eigenvalue weighted by molar-refractivity contribution is 6.35. The van der Waals surface area contributed by atoms with Gasteiger partial charge in [0.1, 0.15) is 6.17 Å². The van der Waals surface area contributed by atoms with Gasteiger partial charge >= 0.3 is 0 Å². The van der Waals surface area contributed by atoms with Crippen molar-refractivity contribution in [3.05, 3.63) is 53.5 Å². The summed E-state index contributed by atoms with van der Waals surface area (Å²) in [4.78, 5) is 20.5. The first-order valence-corrected chi connectivity index (χ1v) is 9.35. The minimum Gasteiger partial charge on any atom is -0.309 e. The van der Waals surface area contributed by atoms with E-state index in [-0.39, 0.29) is 22.8 Å². The monoisotopic (exact) mass is 426 g/mol. The number of hydrogen-bond acceptors (Lipinski definition) is 4. The van der Waals surface area contributed by atoms with Crippen LogP contribution in [0.3, 0.4) is 0 Å². The summed E-state index contributed by atoms with van der Waals surface area (Å²) in [5, 5.41) is 9.81. The zero-order valence-corrected chi connectivity index (χ0v) is 16.0. The molecule has 2 unspecified atom stereocenters. The molecule has 2 atom stereocenters. The lowest BCUT2D eigenvalue weighted by molar-refractivity contribution is -0.117. The first-order chi connectivity index (χ1) is 14.5. The Morgan fingerprint density at radius 3 is 2.97 bits per heavy atom. The Labute approximate surface area is 173 Å². The number of aromatic amines is 1. The molecular weight excluding hydrogens is 414 g/mol. The zero-order chi connectivity index (χ0) is 21.0. The van der Waals surface area contributed by atoms with Gasteiger partial charge in [-0.25, -0.2) is 13.8 Å². The van der Waals surface area contributed by atoms with E-state index in [9.17, 15) is 13.6 Å². The molecule has 0 saturated heterocycles. The number of H-pyrrole nitrogens is 1. The highest BCUT2D eigenvalue weighted by Gasteiger charge is 2.43. The number of carbonyl (C=O) groups excluding carboxylic acids is 1. The van der Waals surface area contributed by atoms with Crippen LogP contribution in [0, 0.1) is 11.7 Å². The number of amides is 1. The Bertz CT molecular complexity index is 1390. The topological polar surface area (TPSA) is 88.0 Å². The summed E-state index contributed by atoms with van der Waals surface area (Å²) in [7, 11) is 0. The minimum atomic E-state index is -1.09. The fourth-order valence-electron chi connectivity index (χ4n) is 3.37. The first-order valence-electron chi connectivity index (χ1n) is 8.98. The molecule has 1 fully saturated rings. The predicted molar refractivity (Wildman–Crippen MR) is 108 cm³/mol. The highest BCUT2D eigenvalue weighted by atomic mass is 35.5. The van der Waals surface area contributed by atoms with Gasteiger partial charge in [-0.15, -0.1) is 5.73 Å². The number of benzene rings is 1. The van der Waals surface area contributed by atoms with Crippen LogP contribution >= 0.6 is 11.6 Å². The number of aromatic nitrogens is 5. The van der Waals surface area contributed by atoms with E-state index in [1.807, 2.05) is 0 Å². The lowest BCUT2D eigenvalue weighted by Gasteiger charge is -2.10. The summed E-state index contributed by atoms with van der Waals surface area (Å²) in [6, 6.07) is 0. The molecule has 0 spiro atoms. The van der Waals surface area contributed by atoms with E-state index >= 15 is 0 Å². The fourth-order valence-corrected chi connectivity index (χ4v) is 3.67. The number of halogens is 3. The Kier molecular flexibility index (Phi) is 4.16. The van der Waals surface area contributed by atoms with Crippen LogP contribution in [-0.2, 0) is 4.79 Å². The molecule has 1 aromatic carbocycles. The number of alkyl halides is 1. The van der Waals surface area contributed by atoms with E-state index < -0.39 is 23.8 Å². The quantitative estimate of drug-likeness (QED) is 0.480. The third-order valence-electron chi connectivity index (χ3n) is 4.97. The van der Waals surface area contributed by atoms with E-state index in [1.165, 1.54) is 18.5 Å². The molecule has 1 amide bonds. The molecule has 1 saturated carbocycles. The molecule has 0 aliphatic heterocycles. The Hall–Kier alpha value is -3.55. The number of anilines is 1. The molecule has 2 N–H and O–H groups in total.